The first-order valence-corrected chi connectivity index (χ1v) is 7.15. The molecule has 0 fully saturated rings. The Balaban J connectivity index is 2.60. The third-order valence-electron chi connectivity index (χ3n) is 3.29. The second kappa shape index (κ2) is 7.90. The number of hydrogen-bond donors (Lipinski definition) is 2. The van der Waals surface area contributed by atoms with E-state index in [1.807, 2.05) is 26.0 Å². The van der Waals surface area contributed by atoms with Gasteiger partial charge < -0.3 is 15.2 Å². The van der Waals surface area contributed by atoms with E-state index < -0.39 is 12.0 Å². The van der Waals surface area contributed by atoms with Crippen LogP contribution in [0.3, 0.4) is 0 Å². The highest BCUT2D eigenvalue weighted by atomic mass is 16.5. The van der Waals surface area contributed by atoms with Crippen molar-refractivity contribution < 1.29 is 14.6 Å². The van der Waals surface area contributed by atoms with Gasteiger partial charge in [-0.2, -0.15) is 0 Å². The molecule has 0 spiro atoms. The van der Waals surface area contributed by atoms with Gasteiger partial charge in [0, 0.05) is 6.42 Å². The maximum atomic E-state index is 11.0. The number of benzene rings is 1. The highest BCUT2D eigenvalue weighted by Gasteiger charge is 2.15. The molecule has 0 aliphatic rings. The number of rotatable bonds is 8. The number of carbonyl (C=O) groups is 1. The Bertz CT molecular complexity index is 443. The molecule has 1 unspecified atom stereocenters. The first-order valence-electron chi connectivity index (χ1n) is 7.15. The van der Waals surface area contributed by atoms with E-state index in [-0.39, 0.29) is 0 Å². The number of ether oxygens (including phenoxy) is 1. The molecular weight excluding hydrogens is 254 g/mol. The number of carboxylic acids is 1. The molecule has 1 aromatic rings. The van der Waals surface area contributed by atoms with Crippen molar-refractivity contribution in [3.8, 4) is 5.75 Å². The zero-order valence-corrected chi connectivity index (χ0v) is 12.8. The molecule has 0 radical (unpaired) electrons. The molecule has 0 aliphatic carbocycles. The molecule has 0 bridgehead atoms. The second-order valence-corrected chi connectivity index (χ2v) is 5.27. The van der Waals surface area contributed by atoms with Crippen LogP contribution in [-0.2, 0) is 4.79 Å². The Kier molecular flexibility index (Phi) is 6.52. The number of carboxylic acid groups (broad SMARTS) is 1. The van der Waals surface area contributed by atoms with E-state index in [4.69, 9.17) is 9.84 Å². The first-order chi connectivity index (χ1) is 9.45. The Morgan fingerprint density at radius 1 is 1.40 bits per heavy atom. The maximum Gasteiger partial charge on any atom is 0.320 e. The molecule has 0 saturated carbocycles. The second-order valence-electron chi connectivity index (χ2n) is 5.27. The van der Waals surface area contributed by atoms with E-state index in [1.165, 1.54) is 5.56 Å². The molecule has 0 saturated heterocycles. The van der Waals surface area contributed by atoms with Gasteiger partial charge in [0.25, 0.3) is 0 Å². The molecule has 0 aliphatic heterocycles. The SMILES string of the molecule is CCNC(CCOc1cc(C(C)C)ccc1C)C(=O)O. The van der Waals surface area contributed by atoms with Crippen LogP contribution in [0, 0.1) is 6.92 Å². The van der Waals surface area contributed by atoms with Gasteiger partial charge in [-0.3, -0.25) is 4.79 Å². The lowest BCUT2D eigenvalue weighted by atomic mass is 10.0. The maximum absolute atomic E-state index is 11.0. The molecule has 20 heavy (non-hydrogen) atoms. The van der Waals surface area contributed by atoms with E-state index in [9.17, 15) is 4.79 Å². The van der Waals surface area contributed by atoms with Crippen molar-refractivity contribution in [3.63, 3.8) is 0 Å². The van der Waals surface area contributed by atoms with Crippen molar-refractivity contribution in [2.75, 3.05) is 13.2 Å². The molecule has 112 valence electrons. The molecule has 4 nitrogen and oxygen atoms in total. The fourth-order valence-electron chi connectivity index (χ4n) is 1.98. The smallest absolute Gasteiger partial charge is 0.320 e. The standard InChI is InChI=1S/C16H25NO3/c1-5-17-14(16(18)19)8-9-20-15-10-13(11(2)3)7-6-12(15)4/h6-7,10-11,14,17H,5,8-9H2,1-4H3,(H,18,19). The highest BCUT2D eigenvalue weighted by Crippen LogP contribution is 2.24. The average molecular weight is 279 g/mol. The van der Waals surface area contributed by atoms with Crippen molar-refractivity contribution >= 4 is 5.97 Å². The van der Waals surface area contributed by atoms with Crippen molar-refractivity contribution in [1.29, 1.82) is 0 Å². The molecule has 1 rings (SSSR count). The van der Waals surface area contributed by atoms with Crippen LogP contribution in [0.25, 0.3) is 0 Å². The summed E-state index contributed by atoms with van der Waals surface area (Å²) in [4.78, 5) is 11.0. The van der Waals surface area contributed by atoms with Crippen LogP contribution in [0.15, 0.2) is 18.2 Å². The van der Waals surface area contributed by atoms with E-state index in [1.54, 1.807) is 0 Å². The lowest BCUT2D eigenvalue weighted by Crippen LogP contribution is -2.37. The largest absolute Gasteiger partial charge is 0.493 e. The summed E-state index contributed by atoms with van der Waals surface area (Å²) in [5.74, 6) is 0.464. The quantitative estimate of drug-likeness (QED) is 0.768. The molecular formula is C16H25NO3. The van der Waals surface area contributed by atoms with Crippen LogP contribution in [0.1, 0.15) is 44.2 Å². The molecule has 2 N–H and O–H groups in total. The molecule has 1 atom stereocenters. The lowest BCUT2D eigenvalue weighted by Gasteiger charge is -2.16. The van der Waals surface area contributed by atoms with Gasteiger partial charge in [-0.05, 0) is 36.6 Å². The predicted molar refractivity (Wildman–Crippen MR) is 80.5 cm³/mol. The van der Waals surface area contributed by atoms with Gasteiger partial charge in [-0.15, -0.1) is 0 Å². The first kappa shape index (κ1) is 16.5. The molecule has 0 aromatic heterocycles. The summed E-state index contributed by atoms with van der Waals surface area (Å²) < 4.78 is 5.75. The predicted octanol–water partition coefficient (Wildman–Crippen LogP) is 2.95. The van der Waals surface area contributed by atoms with Gasteiger partial charge in [0.15, 0.2) is 0 Å². The van der Waals surface area contributed by atoms with Gasteiger partial charge in [0.05, 0.1) is 6.61 Å². The average Bonchev–Trinajstić information content (AvgIpc) is 2.39. The monoisotopic (exact) mass is 279 g/mol. The van der Waals surface area contributed by atoms with E-state index >= 15 is 0 Å². The normalized spacial score (nSPS) is 12.4. The van der Waals surface area contributed by atoms with Crippen LogP contribution in [-0.4, -0.2) is 30.3 Å². The Morgan fingerprint density at radius 2 is 2.10 bits per heavy atom. The minimum absolute atomic E-state index is 0.395. The molecule has 0 amide bonds. The summed E-state index contributed by atoms with van der Waals surface area (Å²) in [7, 11) is 0. The lowest BCUT2D eigenvalue weighted by molar-refractivity contribution is -0.139. The topological polar surface area (TPSA) is 58.6 Å². The summed E-state index contributed by atoms with van der Waals surface area (Å²) in [6.07, 6.45) is 0.453. The zero-order chi connectivity index (χ0) is 15.1. The summed E-state index contributed by atoms with van der Waals surface area (Å²) in [5, 5.41) is 12.0. The summed E-state index contributed by atoms with van der Waals surface area (Å²) in [6, 6.07) is 5.65. The zero-order valence-electron chi connectivity index (χ0n) is 12.8. The fourth-order valence-corrected chi connectivity index (χ4v) is 1.98. The van der Waals surface area contributed by atoms with Gasteiger partial charge in [-0.1, -0.05) is 32.9 Å². The van der Waals surface area contributed by atoms with Gasteiger partial charge in [0.2, 0.25) is 0 Å². The number of aryl methyl sites for hydroxylation is 1. The summed E-state index contributed by atoms with van der Waals surface area (Å²) >= 11 is 0. The number of likely N-dealkylation sites (N-methyl/N-ethyl adjacent to an activating group) is 1. The van der Waals surface area contributed by atoms with Gasteiger partial charge in [0.1, 0.15) is 11.8 Å². The Hall–Kier alpha value is -1.55. The van der Waals surface area contributed by atoms with Gasteiger partial charge >= 0.3 is 5.97 Å². The highest BCUT2D eigenvalue weighted by molar-refractivity contribution is 5.73. The van der Waals surface area contributed by atoms with E-state index in [2.05, 4.69) is 25.2 Å². The van der Waals surface area contributed by atoms with Crippen LogP contribution in [0.4, 0.5) is 0 Å². The van der Waals surface area contributed by atoms with Crippen molar-refractivity contribution in [1.82, 2.24) is 5.32 Å². The van der Waals surface area contributed by atoms with E-state index in [0.717, 1.165) is 11.3 Å². The van der Waals surface area contributed by atoms with Crippen LogP contribution in [0.2, 0.25) is 0 Å². The van der Waals surface area contributed by atoms with Gasteiger partial charge in [-0.25, -0.2) is 0 Å². The Labute approximate surface area is 121 Å². The van der Waals surface area contributed by atoms with Crippen molar-refractivity contribution in [2.24, 2.45) is 0 Å². The van der Waals surface area contributed by atoms with Crippen LogP contribution < -0.4 is 10.1 Å². The third kappa shape index (κ3) is 4.85. The molecule has 1 aromatic carbocycles. The number of aliphatic carboxylic acids is 1. The fraction of sp³-hybridized carbons (Fsp3) is 0.562. The third-order valence-corrected chi connectivity index (χ3v) is 3.29. The minimum atomic E-state index is -0.830. The number of hydrogen-bond acceptors (Lipinski definition) is 3. The molecule has 0 heterocycles. The van der Waals surface area contributed by atoms with Crippen LogP contribution >= 0.6 is 0 Å². The summed E-state index contributed by atoms with van der Waals surface area (Å²) in [6.45, 7) is 9.21. The van der Waals surface area contributed by atoms with Crippen molar-refractivity contribution in [3.05, 3.63) is 29.3 Å². The van der Waals surface area contributed by atoms with Crippen LogP contribution in [0.5, 0.6) is 5.75 Å². The molecule has 4 heteroatoms. The van der Waals surface area contributed by atoms with Crippen molar-refractivity contribution in [2.45, 2.75) is 46.1 Å². The van der Waals surface area contributed by atoms with E-state index in [0.29, 0.717) is 25.5 Å². The Morgan fingerprint density at radius 3 is 2.65 bits per heavy atom. The summed E-state index contributed by atoms with van der Waals surface area (Å²) in [5.41, 5.74) is 2.30. The number of nitrogens with one attached hydrogen (secondary N) is 1. The minimum Gasteiger partial charge on any atom is -0.493 e.